The van der Waals surface area contributed by atoms with Gasteiger partial charge >= 0.3 is 5.97 Å². The van der Waals surface area contributed by atoms with E-state index < -0.39 is 16.0 Å². The summed E-state index contributed by atoms with van der Waals surface area (Å²) in [6.45, 7) is 3.64. The van der Waals surface area contributed by atoms with Crippen LogP contribution in [-0.2, 0) is 14.8 Å². The zero-order valence-corrected chi connectivity index (χ0v) is 17.9. The number of carbonyl (C=O) groups is 2. The second-order valence-corrected chi connectivity index (χ2v) is 8.39. The molecule has 0 aliphatic heterocycles. The summed E-state index contributed by atoms with van der Waals surface area (Å²) in [5.41, 5.74) is 2.23. The Morgan fingerprint density at radius 2 is 1.90 bits per heavy atom. The lowest BCUT2D eigenvalue weighted by Gasteiger charge is -2.11. The van der Waals surface area contributed by atoms with E-state index in [-0.39, 0.29) is 29.4 Å². The molecule has 0 unspecified atom stereocenters. The first-order valence-electron chi connectivity index (χ1n) is 9.15. The van der Waals surface area contributed by atoms with Gasteiger partial charge in [0.2, 0.25) is 15.8 Å². The highest BCUT2D eigenvalue weighted by Gasteiger charge is 2.26. The molecule has 30 heavy (non-hydrogen) atoms. The van der Waals surface area contributed by atoms with Gasteiger partial charge in [0.05, 0.1) is 42.4 Å². The second kappa shape index (κ2) is 8.19. The lowest BCUT2D eigenvalue weighted by molar-refractivity contribution is 0.0528. The van der Waals surface area contributed by atoms with Crippen molar-refractivity contribution < 1.29 is 27.5 Å². The van der Waals surface area contributed by atoms with E-state index in [1.54, 1.807) is 42.6 Å². The number of nitrogens with one attached hydrogen (secondary N) is 1. The normalized spacial score (nSPS) is 11.3. The van der Waals surface area contributed by atoms with Crippen LogP contribution in [-0.4, -0.2) is 44.5 Å². The lowest BCUT2D eigenvalue weighted by Crippen LogP contribution is -2.12. The van der Waals surface area contributed by atoms with Crippen molar-refractivity contribution in [2.75, 3.05) is 24.7 Å². The van der Waals surface area contributed by atoms with E-state index in [2.05, 4.69) is 4.72 Å². The summed E-state index contributed by atoms with van der Waals surface area (Å²) in [7, 11) is -2.13. The maximum atomic E-state index is 13.4. The predicted molar refractivity (Wildman–Crippen MR) is 113 cm³/mol. The van der Waals surface area contributed by atoms with Gasteiger partial charge in [-0.25, -0.2) is 13.2 Å². The van der Waals surface area contributed by atoms with Gasteiger partial charge in [0.25, 0.3) is 0 Å². The van der Waals surface area contributed by atoms with Crippen molar-refractivity contribution in [2.45, 2.75) is 13.8 Å². The summed E-state index contributed by atoms with van der Waals surface area (Å²) in [4.78, 5) is 25.9. The Hall–Kier alpha value is -3.33. The number of hydrogen-bond acceptors (Lipinski definition) is 6. The third-order valence-electron chi connectivity index (χ3n) is 4.54. The third-order valence-corrected chi connectivity index (χ3v) is 5.13. The van der Waals surface area contributed by atoms with E-state index in [9.17, 15) is 18.0 Å². The number of rotatable bonds is 7. The van der Waals surface area contributed by atoms with E-state index >= 15 is 0 Å². The number of nitrogens with zero attached hydrogens (tertiary/aromatic N) is 1. The number of ether oxygens (including phenoxy) is 2. The molecular weight excluding hydrogens is 408 g/mol. The van der Waals surface area contributed by atoms with Crippen molar-refractivity contribution in [1.29, 1.82) is 0 Å². The highest BCUT2D eigenvalue weighted by Crippen LogP contribution is 2.30. The van der Waals surface area contributed by atoms with Gasteiger partial charge in [-0.3, -0.25) is 9.52 Å². The smallest absolute Gasteiger partial charge is 0.340 e. The lowest BCUT2D eigenvalue weighted by atomic mass is 10.0. The number of anilines is 1. The van der Waals surface area contributed by atoms with Crippen LogP contribution in [0.15, 0.2) is 42.6 Å². The Kier molecular flexibility index (Phi) is 5.84. The minimum absolute atomic E-state index is 0.204. The van der Waals surface area contributed by atoms with Gasteiger partial charge in [-0.1, -0.05) is 6.07 Å². The van der Waals surface area contributed by atoms with Crippen LogP contribution in [0, 0.1) is 6.92 Å². The quantitative estimate of drug-likeness (QED) is 0.457. The molecule has 3 rings (SSSR count). The molecule has 1 N–H and O–H groups in total. The van der Waals surface area contributed by atoms with Gasteiger partial charge in [-0.2, -0.15) is 0 Å². The molecule has 2 aromatic heterocycles. The molecule has 0 radical (unpaired) electrons. The number of esters is 1. The first kappa shape index (κ1) is 21.4. The number of benzene rings is 1. The molecule has 0 spiro atoms. The van der Waals surface area contributed by atoms with Gasteiger partial charge in [0.15, 0.2) is 0 Å². The number of ketones is 1. The van der Waals surface area contributed by atoms with Crippen LogP contribution >= 0.6 is 0 Å². The monoisotopic (exact) mass is 430 g/mol. The first-order chi connectivity index (χ1) is 14.2. The second-order valence-electron chi connectivity index (χ2n) is 6.64. The van der Waals surface area contributed by atoms with E-state index in [1.807, 2.05) is 0 Å². The molecule has 0 aliphatic rings. The number of hydrogen-bond donors (Lipinski definition) is 1. The van der Waals surface area contributed by atoms with E-state index in [4.69, 9.17) is 9.47 Å². The molecule has 8 nitrogen and oxygen atoms in total. The molecule has 0 amide bonds. The molecular formula is C21H22N2O6S. The Bertz CT molecular complexity index is 1240. The minimum Gasteiger partial charge on any atom is -0.495 e. The molecule has 0 fully saturated rings. The van der Waals surface area contributed by atoms with E-state index in [1.165, 1.54) is 25.3 Å². The summed E-state index contributed by atoms with van der Waals surface area (Å²) in [5, 5.41) is 0. The van der Waals surface area contributed by atoms with Gasteiger partial charge in [0.1, 0.15) is 5.75 Å². The number of aromatic nitrogens is 1. The summed E-state index contributed by atoms with van der Waals surface area (Å²) in [5.74, 6) is -0.633. The number of fused-ring (bicyclic) bond motifs is 1. The Balaban J connectivity index is 2.14. The zero-order chi connectivity index (χ0) is 22.1. The zero-order valence-electron chi connectivity index (χ0n) is 17.1. The highest BCUT2D eigenvalue weighted by atomic mass is 32.2. The summed E-state index contributed by atoms with van der Waals surface area (Å²) in [6, 6.07) is 9.71. The molecule has 158 valence electrons. The number of sulfonamides is 1. The molecule has 1 aromatic carbocycles. The molecule has 0 saturated carbocycles. The van der Waals surface area contributed by atoms with E-state index in [0.29, 0.717) is 22.3 Å². The van der Waals surface area contributed by atoms with Crippen LogP contribution in [0.4, 0.5) is 5.69 Å². The maximum absolute atomic E-state index is 13.4. The van der Waals surface area contributed by atoms with Gasteiger partial charge in [-0.15, -0.1) is 0 Å². The summed E-state index contributed by atoms with van der Waals surface area (Å²) in [6.07, 6.45) is 2.73. The molecule has 0 atom stereocenters. The van der Waals surface area contributed by atoms with Crippen LogP contribution in [0.1, 0.15) is 38.9 Å². The summed E-state index contributed by atoms with van der Waals surface area (Å²) >= 11 is 0. The van der Waals surface area contributed by atoms with Crippen LogP contribution in [0.25, 0.3) is 5.52 Å². The molecule has 0 saturated heterocycles. The van der Waals surface area contributed by atoms with Crippen molar-refractivity contribution in [3.63, 3.8) is 0 Å². The number of methoxy groups -OCH3 is 1. The average Bonchev–Trinajstić information content (AvgIpc) is 2.98. The van der Waals surface area contributed by atoms with Crippen LogP contribution in [0.5, 0.6) is 5.75 Å². The highest BCUT2D eigenvalue weighted by molar-refractivity contribution is 7.92. The van der Waals surface area contributed by atoms with Gasteiger partial charge < -0.3 is 13.9 Å². The van der Waals surface area contributed by atoms with Crippen molar-refractivity contribution in [1.82, 2.24) is 4.40 Å². The fourth-order valence-corrected chi connectivity index (χ4v) is 3.89. The minimum atomic E-state index is -3.51. The Morgan fingerprint density at radius 1 is 1.17 bits per heavy atom. The molecule has 9 heteroatoms. The fourth-order valence-electron chi connectivity index (χ4n) is 3.33. The Morgan fingerprint density at radius 3 is 2.53 bits per heavy atom. The number of carbonyl (C=O) groups excluding carboxylic acids is 2. The van der Waals surface area contributed by atoms with Gasteiger partial charge in [0, 0.05) is 11.8 Å². The maximum Gasteiger partial charge on any atom is 0.340 e. The largest absolute Gasteiger partial charge is 0.495 e. The summed E-state index contributed by atoms with van der Waals surface area (Å²) < 4.78 is 37.5. The van der Waals surface area contributed by atoms with Crippen LogP contribution < -0.4 is 9.46 Å². The van der Waals surface area contributed by atoms with Crippen molar-refractivity contribution >= 4 is 33.0 Å². The van der Waals surface area contributed by atoms with Crippen LogP contribution in [0.3, 0.4) is 0 Å². The SMILES string of the molecule is CCOC(=O)c1c(C)c(C(=O)c2ccc(NS(C)(=O)=O)c(OC)c2)n2ccccc12. The third kappa shape index (κ3) is 4.02. The predicted octanol–water partition coefficient (Wildman–Crippen LogP) is 3.04. The van der Waals surface area contributed by atoms with Crippen molar-refractivity contribution in [2.24, 2.45) is 0 Å². The Labute approximate surface area is 174 Å². The average molecular weight is 430 g/mol. The van der Waals surface area contributed by atoms with Gasteiger partial charge in [-0.05, 0) is 49.7 Å². The topological polar surface area (TPSA) is 103 Å². The molecule has 2 heterocycles. The van der Waals surface area contributed by atoms with Crippen LogP contribution in [0.2, 0.25) is 0 Å². The number of pyridine rings is 1. The molecule has 3 aromatic rings. The fraction of sp³-hybridized carbons (Fsp3) is 0.238. The first-order valence-corrected chi connectivity index (χ1v) is 11.0. The van der Waals surface area contributed by atoms with Crippen molar-refractivity contribution in [3.05, 3.63) is 65.0 Å². The van der Waals surface area contributed by atoms with E-state index in [0.717, 1.165) is 6.26 Å². The molecule has 0 bridgehead atoms. The van der Waals surface area contributed by atoms with Crippen molar-refractivity contribution in [3.8, 4) is 5.75 Å². The molecule has 0 aliphatic carbocycles. The standard InChI is InChI=1S/C21H22N2O6S/c1-5-29-21(25)18-13(2)19(23-11-7-6-8-16(18)23)20(24)14-9-10-15(17(12-14)28-3)22-30(4,26)27/h6-12,22H,5H2,1-4H3.